The van der Waals surface area contributed by atoms with Crippen LogP contribution in [0, 0.1) is 0 Å². The van der Waals surface area contributed by atoms with Crippen LogP contribution in [0.25, 0.3) is 0 Å². The summed E-state index contributed by atoms with van der Waals surface area (Å²) in [6, 6.07) is 12.0. The van der Waals surface area contributed by atoms with Gasteiger partial charge in [0.2, 0.25) is 5.91 Å². The van der Waals surface area contributed by atoms with Crippen molar-refractivity contribution >= 4 is 5.91 Å². The molecule has 0 saturated carbocycles. The highest BCUT2D eigenvalue weighted by molar-refractivity contribution is 5.72. The van der Waals surface area contributed by atoms with Crippen molar-refractivity contribution in [3.8, 4) is 0 Å². The maximum absolute atomic E-state index is 9.70. The number of carbonyl (C=O) groups is 1. The molecule has 1 amide bonds. The quantitative estimate of drug-likeness (QED) is 0.597. The monoisotopic (exact) mass is 151 g/mol. The van der Waals surface area contributed by atoms with Gasteiger partial charge in [0.05, 0.1) is 0 Å². The smallest absolute Gasteiger partial charge is 0.216 e. The summed E-state index contributed by atoms with van der Waals surface area (Å²) in [5, 5.41) is 2.39. The van der Waals surface area contributed by atoms with Gasteiger partial charge in [0.1, 0.15) is 0 Å². The van der Waals surface area contributed by atoms with Crippen LogP contribution in [0.15, 0.2) is 36.4 Å². The maximum atomic E-state index is 9.70. The van der Waals surface area contributed by atoms with E-state index < -0.39 is 0 Å². The lowest BCUT2D eigenvalue weighted by atomic mass is 10.4. The van der Waals surface area contributed by atoms with Crippen molar-refractivity contribution in [1.82, 2.24) is 5.32 Å². The second-order valence-electron chi connectivity index (χ2n) is 1.96. The predicted octanol–water partition coefficient (Wildman–Crippen LogP) is 1.44. The molecule has 1 rings (SSSR count). The Kier molecular flexibility index (Phi) is 5.99. The Bertz CT molecular complexity index is 157. The lowest BCUT2D eigenvalue weighted by molar-refractivity contribution is -0.118. The van der Waals surface area contributed by atoms with Gasteiger partial charge in [-0.2, -0.15) is 0 Å². The average Bonchev–Trinajstić information content (AvgIpc) is 2.09. The summed E-state index contributed by atoms with van der Waals surface area (Å²) in [4.78, 5) is 9.70. The van der Waals surface area contributed by atoms with Crippen molar-refractivity contribution in [3.05, 3.63) is 36.4 Å². The lowest BCUT2D eigenvalue weighted by Gasteiger charge is -1.80. The van der Waals surface area contributed by atoms with E-state index >= 15 is 0 Å². The molecule has 0 aliphatic heterocycles. The molecule has 2 heteroatoms. The van der Waals surface area contributed by atoms with Crippen LogP contribution >= 0.6 is 0 Å². The van der Waals surface area contributed by atoms with Crippen molar-refractivity contribution < 1.29 is 4.79 Å². The van der Waals surface area contributed by atoms with Crippen molar-refractivity contribution in [1.29, 1.82) is 0 Å². The van der Waals surface area contributed by atoms with Crippen LogP contribution in [-0.2, 0) is 4.79 Å². The van der Waals surface area contributed by atoms with E-state index in [1.165, 1.54) is 6.92 Å². The second kappa shape index (κ2) is 6.81. The van der Waals surface area contributed by atoms with Crippen molar-refractivity contribution in [3.63, 3.8) is 0 Å². The number of carbonyl (C=O) groups excluding carboxylic acids is 1. The van der Waals surface area contributed by atoms with Gasteiger partial charge >= 0.3 is 0 Å². The van der Waals surface area contributed by atoms with Crippen LogP contribution in [0.5, 0.6) is 0 Å². The third-order valence-corrected chi connectivity index (χ3v) is 1.02. The van der Waals surface area contributed by atoms with Crippen LogP contribution in [0.2, 0.25) is 0 Å². The van der Waals surface area contributed by atoms with Gasteiger partial charge in [-0.3, -0.25) is 4.79 Å². The molecular weight excluding hydrogens is 138 g/mol. The summed E-state index contributed by atoms with van der Waals surface area (Å²) < 4.78 is 0. The standard InChI is InChI=1S/C6H6.C3H7NO/c1-2-4-6-5-3-1;1-3(5)4-2/h1-6H;1-2H3,(H,4,5). The van der Waals surface area contributed by atoms with Crippen molar-refractivity contribution in [2.24, 2.45) is 0 Å². The summed E-state index contributed by atoms with van der Waals surface area (Å²) in [6.45, 7) is 1.47. The molecule has 0 aromatic heterocycles. The zero-order valence-electron chi connectivity index (χ0n) is 6.87. The number of amides is 1. The van der Waals surface area contributed by atoms with Gasteiger partial charge in [-0.05, 0) is 0 Å². The fraction of sp³-hybridized carbons (Fsp3) is 0.222. The molecule has 0 spiro atoms. The third kappa shape index (κ3) is 8.69. The van der Waals surface area contributed by atoms with Crippen LogP contribution in [-0.4, -0.2) is 13.0 Å². The summed E-state index contributed by atoms with van der Waals surface area (Å²) in [6.07, 6.45) is 0. The minimum absolute atomic E-state index is 0.00463. The average molecular weight is 151 g/mol. The van der Waals surface area contributed by atoms with E-state index in [-0.39, 0.29) is 5.91 Å². The summed E-state index contributed by atoms with van der Waals surface area (Å²) in [7, 11) is 1.60. The summed E-state index contributed by atoms with van der Waals surface area (Å²) in [5.41, 5.74) is 0. The van der Waals surface area contributed by atoms with Crippen LogP contribution in [0.1, 0.15) is 6.92 Å². The first-order chi connectivity index (χ1) is 5.27. The van der Waals surface area contributed by atoms with Gasteiger partial charge in [0, 0.05) is 14.0 Å². The second-order valence-corrected chi connectivity index (χ2v) is 1.96. The number of rotatable bonds is 0. The molecule has 11 heavy (non-hydrogen) atoms. The zero-order valence-corrected chi connectivity index (χ0v) is 6.87. The molecule has 0 heterocycles. The van der Waals surface area contributed by atoms with E-state index in [1.807, 2.05) is 36.4 Å². The predicted molar refractivity (Wildman–Crippen MR) is 46.2 cm³/mol. The minimum atomic E-state index is 0.00463. The number of benzene rings is 1. The van der Waals surface area contributed by atoms with Gasteiger partial charge in [-0.15, -0.1) is 0 Å². The normalized spacial score (nSPS) is 7.45. The van der Waals surface area contributed by atoms with E-state index in [0.29, 0.717) is 0 Å². The molecule has 0 radical (unpaired) electrons. The highest BCUT2D eigenvalue weighted by Crippen LogP contribution is 1.79. The molecule has 0 fully saturated rings. The molecule has 60 valence electrons. The van der Waals surface area contributed by atoms with Crippen molar-refractivity contribution in [2.45, 2.75) is 6.92 Å². The SMILES string of the molecule is CNC(C)=O.c1ccccc1. The molecule has 0 atom stereocenters. The third-order valence-electron chi connectivity index (χ3n) is 1.02. The molecule has 1 aromatic rings. The Morgan fingerprint density at radius 3 is 1.27 bits per heavy atom. The Morgan fingerprint density at radius 1 is 1.00 bits per heavy atom. The Balaban J connectivity index is 0.000000187. The topological polar surface area (TPSA) is 29.1 Å². The molecule has 1 N–H and O–H groups in total. The van der Waals surface area contributed by atoms with Crippen LogP contribution < -0.4 is 5.32 Å². The Labute approximate surface area is 67.2 Å². The van der Waals surface area contributed by atoms with E-state index in [9.17, 15) is 4.79 Å². The highest BCUT2D eigenvalue weighted by Gasteiger charge is 1.72. The maximum Gasteiger partial charge on any atom is 0.216 e. The van der Waals surface area contributed by atoms with Crippen molar-refractivity contribution in [2.75, 3.05) is 7.05 Å². The lowest BCUT2D eigenvalue weighted by Crippen LogP contribution is -2.11. The summed E-state index contributed by atoms with van der Waals surface area (Å²) in [5.74, 6) is 0.00463. The molecular formula is C9H13NO. The first-order valence-corrected chi connectivity index (χ1v) is 3.45. The van der Waals surface area contributed by atoms with Gasteiger partial charge < -0.3 is 5.32 Å². The Hall–Kier alpha value is -1.31. The van der Waals surface area contributed by atoms with Crippen LogP contribution in [0.3, 0.4) is 0 Å². The van der Waals surface area contributed by atoms with Crippen LogP contribution in [0.4, 0.5) is 0 Å². The fourth-order valence-electron chi connectivity index (χ4n) is 0.385. The fourth-order valence-corrected chi connectivity index (χ4v) is 0.385. The van der Waals surface area contributed by atoms with E-state index in [0.717, 1.165) is 0 Å². The number of hydrogen-bond donors (Lipinski definition) is 1. The molecule has 0 aliphatic rings. The molecule has 1 aromatic carbocycles. The van der Waals surface area contributed by atoms with Gasteiger partial charge in [0.15, 0.2) is 0 Å². The molecule has 2 nitrogen and oxygen atoms in total. The first-order valence-electron chi connectivity index (χ1n) is 3.45. The minimum Gasteiger partial charge on any atom is -0.359 e. The first kappa shape index (κ1) is 9.69. The zero-order chi connectivity index (χ0) is 8.53. The number of nitrogens with one attached hydrogen (secondary N) is 1. The van der Waals surface area contributed by atoms with E-state index in [1.54, 1.807) is 7.05 Å². The highest BCUT2D eigenvalue weighted by atomic mass is 16.1. The molecule has 0 bridgehead atoms. The molecule has 0 saturated heterocycles. The van der Waals surface area contributed by atoms with Gasteiger partial charge in [-0.1, -0.05) is 36.4 Å². The molecule has 0 aliphatic carbocycles. The Morgan fingerprint density at radius 2 is 1.18 bits per heavy atom. The van der Waals surface area contributed by atoms with E-state index in [4.69, 9.17) is 0 Å². The van der Waals surface area contributed by atoms with Gasteiger partial charge in [0.25, 0.3) is 0 Å². The van der Waals surface area contributed by atoms with Gasteiger partial charge in [-0.25, -0.2) is 0 Å². The summed E-state index contributed by atoms with van der Waals surface area (Å²) >= 11 is 0. The number of hydrogen-bond acceptors (Lipinski definition) is 1. The largest absolute Gasteiger partial charge is 0.359 e. The van der Waals surface area contributed by atoms with E-state index in [2.05, 4.69) is 5.32 Å². The molecule has 0 unspecified atom stereocenters.